The molecule has 1 aliphatic heterocycles. The molecule has 114 valence electrons. The van der Waals surface area contributed by atoms with Crippen molar-refractivity contribution in [2.45, 2.75) is 66.4 Å². The zero-order valence-electron chi connectivity index (χ0n) is 13.7. The summed E-state index contributed by atoms with van der Waals surface area (Å²) in [6, 6.07) is 0. The van der Waals surface area contributed by atoms with Gasteiger partial charge in [0, 0.05) is 0 Å². The fraction of sp³-hybridized carbons (Fsp3) is 0.938. The Kier molecular flexibility index (Phi) is 6.28. The highest BCUT2D eigenvalue weighted by Crippen LogP contribution is 2.34. The molecule has 0 spiro atoms. The van der Waals surface area contributed by atoms with Crippen molar-refractivity contribution in [3.63, 3.8) is 0 Å². The maximum atomic E-state index is 5.21. The van der Waals surface area contributed by atoms with E-state index < -0.39 is 0 Å². The van der Waals surface area contributed by atoms with Crippen LogP contribution in [-0.2, 0) is 9.78 Å². The molecule has 0 N–H and O–H groups in total. The minimum Gasteiger partial charge on any atom is -0.412 e. The highest BCUT2D eigenvalue weighted by Gasteiger charge is 2.28. The molecule has 0 aromatic rings. The Hall–Kier alpha value is -0.120. The van der Waals surface area contributed by atoms with E-state index in [9.17, 15) is 0 Å². The van der Waals surface area contributed by atoms with Gasteiger partial charge in [-0.2, -0.15) is 6.61 Å². The van der Waals surface area contributed by atoms with E-state index in [1.807, 2.05) is 20.8 Å². The second-order valence-electron chi connectivity index (χ2n) is 7.73. The van der Waals surface area contributed by atoms with Gasteiger partial charge in [-0.3, -0.25) is 4.89 Å². The average Bonchev–Trinajstić information content (AvgIpc) is 2.26. The van der Waals surface area contributed by atoms with E-state index >= 15 is 0 Å². The molecule has 0 unspecified atom stereocenters. The van der Waals surface area contributed by atoms with Crippen molar-refractivity contribution in [3.8, 4) is 0 Å². The summed E-state index contributed by atoms with van der Waals surface area (Å²) >= 11 is 0. The minimum absolute atomic E-state index is 0.235. The molecule has 1 aliphatic rings. The number of nitrogens with zero attached hydrogens (tertiary/aromatic N) is 1. The molecular formula is C16H32NO2-. The zero-order valence-corrected chi connectivity index (χ0v) is 13.7. The van der Waals surface area contributed by atoms with Gasteiger partial charge in [0.2, 0.25) is 0 Å². The summed E-state index contributed by atoms with van der Waals surface area (Å²) in [5.74, 6) is 0.869. The molecule has 0 radical (unpaired) electrons. The van der Waals surface area contributed by atoms with Gasteiger partial charge in [0.1, 0.15) is 0 Å². The minimum atomic E-state index is -0.235. The fourth-order valence-corrected chi connectivity index (χ4v) is 2.48. The van der Waals surface area contributed by atoms with Crippen LogP contribution in [-0.4, -0.2) is 30.1 Å². The SMILES string of the molecule is CC(C)(C)OO[CH-]CCN1CCC(C(C)(C)C)CC1. The monoisotopic (exact) mass is 270 g/mol. The molecule has 0 amide bonds. The summed E-state index contributed by atoms with van der Waals surface area (Å²) < 4.78 is 0. The van der Waals surface area contributed by atoms with Crippen LogP contribution in [0.1, 0.15) is 60.8 Å². The first-order chi connectivity index (χ1) is 8.68. The van der Waals surface area contributed by atoms with E-state index in [1.165, 1.54) is 25.9 Å². The molecule has 3 nitrogen and oxygen atoms in total. The number of likely N-dealkylation sites (tertiary alicyclic amines) is 1. The zero-order chi connectivity index (χ0) is 14.5. The van der Waals surface area contributed by atoms with Crippen molar-refractivity contribution < 1.29 is 9.78 Å². The number of rotatable bonds is 5. The smallest absolute Gasteiger partial charge is 0.0917 e. The van der Waals surface area contributed by atoms with Crippen molar-refractivity contribution in [1.82, 2.24) is 4.90 Å². The molecule has 0 bridgehead atoms. The van der Waals surface area contributed by atoms with Crippen LogP contribution in [0.25, 0.3) is 0 Å². The molecule has 0 aromatic heterocycles. The van der Waals surface area contributed by atoms with Gasteiger partial charge in [-0.05, 0) is 64.6 Å². The summed E-state index contributed by atoms with van der Waals surface area (Å²) in [6.07, 6.45) is 3.57. The largest absolute Gasteiger partial charge is 0.412 e. The van der Waals surface area contributed by atoms with Gasteiger partial charge in [-0.25, -0.2) is 0 Å². The predicted octanol–water partition coefficient (Wildman–Crippen LogP) is 4.04. The first-order valence-corrected chi connectivity index (χ1v) is 7.57. The Morgan fingerprint density at radius 1 is 1.05 bits per heavy atom. The van der Waals surface area contributed by atoms with Gasteiger partial charge in [-0.1, -0.05) is 20.8 Å². The van der Waals surface area contributed by atoms with E-state index in [0.717, 1.165) is 18.9 Å². The summed E-state index contributed by atoms with van der Waals surface area (Å²) in [6.45, 7) is 18.3. The molecule has 0 atom stereocenters. The second kappa shape index (κ2) is 7.05. The predicted molar refractivity (Wildman–Crippen MR) is 79.5 cm³/mol. The van der Waals surface area contributed by atoms with Crippen LogP contribution < -0.4 is 0 Å². The summed E-state index contributed by atoms with van der Waals surface area (Å²) in [5.41, 5.74) is 0.226. The normalized spacial score (nSPS) is 19.9. The van der Waals surface area contributed by atoms with Crippen molar-refractivity contribution in [2.24, 2.45) is 11.3 Å². The van der Waals surface area contributed by atoms with Crippen molar-refractivity contribution in [1.29, 1.82) is 0 Å². The molecule has 1 fully saturated rings. The lowest BCUT2D eigenvalue weighted by molar-refractivity contribution is -0.327. The molecule has 0 saturated carbocycles. The molecule has 0 aliphatic carbocycles. The number of hydrogen-bond donors (Lipinski definition) is 0. The van der Waals surface area contributed by atoms with Crippen molar-refractivity contribution >= 4 is 0 Å². The van der Waals surface area contributed by atoms with Gasteiger partial charge in [0.15, 0.2) is 0 Å². The van der Waals surface area contributed by atoms with Crippen LogP contribution in [0.3, 0.4) is 0 Å². The summed E-state index contributed by atoms with van der Waals surface area (Å²) in [7, 11) is 0. The Bertz CT molecular complexity index is 244. The van der Waals surface area contributed by atoms with E-state index in [1.54, 1.807) is 6.61 Å². The van der Waals surface area contributed by atoms with E-state index in [0.29, 0.717) is 5.41 Å². The van der Waals surface area contributed by atoms with E-state index in [-0.39, 0.29) is 5.60 Å². The van der Waals surface area contributed by atoms with Crippen molar-refractivity contribution in [2.75, 3.05) is 19.6 Å². The van der Waals surface area contributed by atoms with Crippen LogP contribution in [0, 0.1) is 17.9 Å². The Balaban J connectivity index is 2.07. The lowest BCUT2D eigenvalue weighted by atomic mass is 9.75. The highest BCUT2D eigenvalue weighted by molar-refractivity contribution is 4.80. The molecule has 19 heavy (non-hydrogen) atoms. The van der Waals surface area contributed by atoms with Gasteiger partial charge in [0.25, 0.3) is 0 Å². The summed E-state index contributed by atoms with van der Waals surface area (Å²) in [4.78, 5) is 12.8. The fourth-order valence-electron chi connectivity index (χ4n) is 2.48. The average molecular weight is 270 g/mol. The van der Waals surface area contributed by atoms with Crippen LogP contribution in [0.4, 0.5) is 0 Å². The molecule has 1 rings (SSSR count). The van der Waals surface area contributed by atoms with Gasteiger partial charge in [0.05, 0.1) is 5.60 Å². The van der Waals surface area contributed by atoms with Crippen LogP contribution in [0.5, 0.6) is 0 Å². The van der Waals surface area contributed by atoms with E-state index in [4.69, 9.17) is 9.78 Å². The third kappa shape index (κ3) is 7.28. The number of piperidine rings is 1. The first-order valence-electron chi connectivity index (χ1n) is 7.57. The standard InChI is InChI=1S/C16H32NO2/c1-15(2,3)14-8-11-17(12-9-14)10-7-13-18-19-16(4,5)6/h13-14H,7-12H2,1-6H3/q-1. The van der Waals surface area contributed by atoms with Crippen molar-refractivity contribution in [3.05, 3.63) is 6.61 Å². The molecule has 0 aromatic carbocycles. The topological polar surface area (TPSA) is 21.7 Å². The molecule has 1 saturated heterocycles. The van der Waals surface area contributed by atoms with Crippen LogP contribution >= 0.6 is 0 Å². The Morgan fingerprint density at radius 2 is 1.63 bits per heavy atom. The van der Waals surface area contributed by atoms with Gasteiger partial charge in [-0.15, -0.1) is 6.42 Å². The highest BCUT2D eigenvalue weighted by atomic mass is 17.2. The maximum Gasteiger partial charge on any atom is 0.0917 e. The third-order valence-corrected chi connectivity index (χ3v) is 3.74. The van der Waals surface area contributed by atoms with Gasteiger partial charge >= 0.3 is 0 Å². The van der Waals surface area contributed by atoms with Crippen LogP contribution in [0.15, 0.2) is 0 Å². The quantitative estimate of drug-likeness (QED) is 0.326. The first kappa shape index (κ1) is 16.9. The second-order valence-corrected chi connectivity index (χ2v) is 7.73. The summed E-state index contributed by atoms with van der Waals surface area (Å²) in [5, 5.41) is 0. The maximum absolute atomic E-state index is 5.21. The number of hydrogen-bond acceptors (Lipinski definition) is 3. The van der Waals surface area contributed by atoms with E-state index in [2.05, 4.69) is 25.7 Å². The third-order valence-electron chi connectivity index (χ3n) is 3.74. The Morgan fingerprint density at radius 3 is 2.11 bits per heavy atom. The lowest BCUT2D eigenvalue weighted by Gasteiger charge is -2.39. The molecular weight excluding hydrogens is 238 g/mol. The van der Waals surface area contributed by atoms with Gasteiger partial charge < -0.3 is 9.79 Å². The lowest BCUT2D eigenvalue weighted by Crippen LogP contribution is -2.38. The Labute approximate surface area is 119 Å². The van der Waals surface area contributed by atoms with Crippen LogP contribution in [0.2, 0.25) is 0 Å². The molecule has 1 heterocycles. The molecule has 3 heteroatoms.